The highest BCUT2D eigenvalue weighted by molar-refractivity contribution is 7.15. The maximum Gasteiger partial charge on any atom is 0.330 e. The van der Waals surface area contributed by atoms with Crippen LogP contribution in [-0.2, 0) is 19.5 Å². The first kappa shape index (κ1) is 20.9. The molecule has 0 saturated heterocycles. The molecule has 0 radical (unpaired) electrons. The minimum absolute atomic E-state index is 0.139. The summed E-state index contributed by atoms with van der Waals surface area (Å²) in [6.45, 7) is 1.98. The molecular weight excluding hydrogens is 444 g/mol. The third-order valence-corrected chi connectivity index (χ3v) is 6.24. The molecule has 0 amide bonds. The fourth-order valence-corrected chi connectivity index (χ4v) is 4.66. The Kier molecular flexibility index (Phi) is 5.17. The number of hydrogen-bond donors (Lipinski definition) is 1. The van der Waals surface area contributed by atoms with Gasteiger partial charge in [0.15, 0.2) is 21.9 Å². The third kappa shape index (κ3) is 3.55. The number of nitrogens with zero attached hydrogens (tertiary/aromatic N) is 5. The Labute approximate surface area is 190 Å². The number of carbonyl (C=O) groups is 1. The summed E-state index contributed by atoms with van der Waals surface area (Å²) in [7, 11) is 1.50. The van der Waals surface area contributed by atoms with E-state index in [0.717, 1.165) is 10.7 Å². The number of hydrogen-bond acceptors (Lipinski definition) is 7. The molecule has 168 valence electrons. The lowest BCUT2D eigenvalue weighted by Gasteiger charge is -2.10. The van der Waals surface area contributed by atoms with Gasteiger partial charge in [-0.2, -0.15) is 0 Å². The molecule has 0 spiro atoms. The Morgan fingerprint density at radius 3 is 2.76 bits per heavy atom. The Morgan fingerprint density at radius 2 is 2.00 bits per heavy atom. The van der Waals surface area contributed by atoms with Gasteiger partial charge in [0, 0.05) is 30.7 Å². The first-order chi connectivity index (χ1) is 16.0. The Morgan fingerprint density at radius 1 is 1.18 bits per heavy atom. The lowest BCUT2D eigenvalue weighted by molar-refractivity contribution is 0.0969. The molecule has 0 aliphatic rings. The van der Waals surface area contributed by atoms with Crippen LogP contribution in [-0.4, -0.2) is 41.4 Å². The molecular formula is C22H20N6O4S. The zero-order valence-corrected chi connectivity index (χ0v) is 18.8. The summed E-state index contributed by atoms with van der Waals surface area (Å²) in [4.78, 5) is 50.8. The van der Waals surface area contributed by atoms with Crippen LogP contribution in [0.4, 0.5) is 0 Å². The van der Waals surface area contributed by atoms with Gasteiger partial charge in [-0.3, -0.25) is 23.5 Å². The second-order valence-electron chi connectivity index (χ2n) is 7.42. The van der Waals surface area contributed by atoms with E-state index in [0.29, 0.717) is 30.1 Å². The number of Topliss-reactive ketones (excluding diaryl/α,β-unsaturated/α-hetero) is 1. The molecule has 5 rings (SSSR count). The van der Waals surface area contributed by atoms with E-state index in [4.69, 9.17) is 4.74 Å². The minimum Gasteiger partial charge on any atom is -0.496 e. The number of carbonyl (C=O) groups excluding carboxylic acids is 1. The number of imidazole rings is 2. The number of aromatic amines is 1. The van der Waals surface area contributed by atoms with Gasteiger partial charge in [-0.05, 0) is 19.1 Å². The lowest BCUT2D eigenvalue weighted by Crippen LogP contribution is -2.31. The van der Waals surface area contributed by atoms with E-state index in [1.807, 2.05) is 22.2 Å². The van der Waals surface area contributed by atoms with Gasteiger partial charge in [-0.25, -0.2) is 14.8 Å². The van der Waals surface area contributed by atoms with Crippen molar-refractivity contribution < 1.29 is 9.53 Å². The van der Waals surface area contributed by atoms with Crippen LogP contribution >= 0.6 is 11.3 Å². The number of thiazole rings is 1. The second-order valence-corrected chi connectivity index (χ2v) is 8.29. The van der Waals surface area contributed by atoms with E-state index in [2.05, 4.69) is 15.0 Å². The van der Waals surface area contributed by atoms with Crippen molar-refractivity contribution in [3.8, 4) is 5.75 Å². The number of fused-ring (bicyclic) bond motifs is 2. The van der Waals surface area contributed by atoms with Gasteiger partial charge in [0.05, 0.1) is 24.9 Å². The van der Waals surface area contributed by atoms with Crippen molar-refractivity contribution in [2.24, 2.45) is 0 Å². The second kappa shape index (κ2) is 8.17. The van der Waals surface area contributed by atoms with Gasteiger partial charge in [0.1, 0.15) is 11.6 Å². The smallest absolute Gasteiger partial charge is 0.330 e. The van der Waals surface area contributed by atoms with Gasteiger partial charge in [0.25, 0.3) is 5.56 Å². The number of ketones is 1. The number of H-pyrrole nitrogens is 1. The molecule has 0 bridgehead atoms. The van der Waals surface area contributed by atoms with Crippen molar-refractivity contribution in [1.82, 2.24) is 28.5 Å². The van der Waals surface area contributed by atoms with E-state index < -0.39 is 11.2 Å². The minimum atomic E-state index is -0.586. The lowest BCUT2D eigenvalue weighted by atomic mass is 10.1. The van der Waals surface area contributed by atoms with Crippen LogP contribution in [0.5, 0.6) is 5.75 Å². The van der Waals surface area contributed by atoms with Crippen molar-refractivity contribution in [3.63, 3.8) is 0 Å². The van der Waals surface area contributed by atoms with Gasteiger partial charge < -0.3 is 9.30 Å². The zero-order chi connectivity index (χ0) is 23.1. The first-order valence-corrected chi connectivity index (χ1v) is 11.2. The van der Waals surface area contributed by atoms with E-state index >= 15 is 0 Å². The molecule has 4 aromatic heterocycles. The van der Waals surface area contributed by atoms with Crippen LogP contribution in [0, 0.1) is 0 Å². The summed E-state index contributed by atoms with van der Waals surface area (Å²) in [5.41, 5.74) is 0.438. The molecule has 5 aromatic rings. The molecule has 0 unspecified atom stereocenters. The normalized spacial score (nSPS) is 11.5. The summed E-state index contributed by atoms with van der Waals surface area (Å²) in [6, 6.07) is 6.92. The molecule has 1 aromatic carbocycles. The summed E-state index contributed by atoms with van der Waals surface area (Å²) in [5, 5.41) is 1.94. The number of methoxy groups -OCH3 is 1. The van der Waals surface area contributed by atoms with Crippen molar-refractivity contribution in [1.29, 1.82) is 0 Å². The van der Waals surface area contributed by atoms with Crippen LogP contribution in [0.25, 0.3) is 16.1 Å². The summed E-state index contributed by atoms with van der Waals surface area (Å²) in [6.07, 6.45) is 4.08. The van der Waals surface area contributed by atoms with Gasteiger partial charge in [-0.1, -0.05) is 12.1 Å². The summed E-state index contributed by atoms with van der Waals surface area (Å²) >= 11 is 1.51. The molecule has 0 atom stereocenters. The fourth-order valence-electron chi connectivity index (χ4n) is 3.94. The quantitative estimate of drug-likeness (QED) is 0.369. The molecule has 11 heteroatoms. The predicted octanol–water partition coefficient (Wildman–Crippen LogP) is 2.10. The van der Waals surface area contributed by atoms with Gasteiger partial charge in [-0.15, -0.1) is 11.3 Å². The SMILES string of the molecule is CCn1c(=O)[nH]c(=O)c2c1nc(Cc1cn3ccsc3n1)n2CC(=O)c1ccccc1OC. The third-order valence-electron chi connectivity index (χ3n) is 5.47. The van der Waals surface area contributed by atoms with Crippen molar-refractivity contribution in [2.45, 2.75) is 26.4 Å². The molecule has 33 heavy (non-hydrogen) atoms. The molecule has 4 heterocycles. The number of rotatable bonds is 7. The zero-order valence-electron chi connectivity index (χ0n) is 17.9. The van der Waals surface area contributed by atoms with E-state index in [1.165, 1.54) is 23.0 Å². The highest BCUT2D eigenvalue weighted by atomic mass is 32.1. The largest absolute Gasteiger partial charge is 0.496 e. The predicted molar refractivity (Wildman–Crippen MR) is 123 cm³/mol. The Bertz CT molecular complexity index is 1590. The number of aryl methyl sites for hydroxylation is 1. The number of nitrogens with one attached hydrogen (secondary N) is 1. The molecule has 0 saturated carbocycles. The van der Waals surface area contributed by atoms with Crippen molar-refractivity contribution >= 4 is 33.2 Å². The average molecular weight is 465 g/mol. The fraction of sp³-hybridized carbons (Fsp3) is 0.227. The van der Waals surface area contributed by atoms with E-state index in [9.17, 15) is 14.4 Å². The molecule has 0 aliphatic heterocycles. The molecule has 1 N–H and O–H groups in total. The van der Waals surface area contributed by atoms with Crippen molar-refractivity contribution in [2.75, 3.05) is 7.11 Å². The van der Waals surface area contributed by atoms with E-state index in [1.54, 1.807) is 35.8 Å². The van der Waals surface area contributed by atoms with E-state index in [-0.39, 0.29) is 23.5 Å². The molecule has 0 fully saturated rings. The molecule has 0 aliphatic carbocycles. The Balaban J connectivity index is 1.66. The highest BCUT2D eigenvalue weighted by Crippen LogP contribution is 2.21. The Hall–Kier alpha value is -3.99. The number of para-hydroxylation sites is 1. The maximum absolute atomic E-state index is 13.2. The van der Waals surface area contributed by atoms with Crippen LogP contribution in [0.1, 0.15) is 28.8 Å². The number of benzene rings is 1. The highest BCUT2D eigenvalue weighted by Gasteiger charge is 2.22. The number of ether oxygens (including phenoxy) is 1. The number of aromatic nitrogens is 6. The topological polar surface area (TPSA) is 116 Å². The van der Waals surface area contributed by atoms with Crippen molar-refractivity contribution in [3.05, 3.63) is 80.0 Å². The standard InChI is InChI=1S/C22H20N6O4S/c1-3-27-19-18(20(30)25-21(27)31)28(12-15(29)14-6-4-5-7-16(14)32-2)17(24-19)10-13-11-26-8-9-33-22(26)23-13/h4-9,11H,3,10,12H2,1-2H3,(H,25,30,31). The summed E-state index contributed by atoms with van der Waals surface area (Å²) < 4.78 is 10.2. The summed E-state index contributed by atoms with van der Waals surface area (Å²) in [5.74, 6) is 0.673. The van der Waals surface area contributed by atoms with Gasteiger partial charge >= 0.3 is 5.69 Å². The van der Waals surface area contributed by atoms with Crippen LogP contribution < -0.4 is 16.0 Å². The van der Waals surface area contributed by atoms with Crippen LogP contribution in [0.3, 0.4) is 0 Å². The average Bonchev–Trinajstić information content (AvgIpc) is 3.48. The monoisotopic (exact) mass is 464 g/mol. The maximum atomic E-state index is 13.2. The van der Waals surface area contributed by atoms with Crippen LogP contribution in [0.2, 0.25) is 0 Å². The van der Waals surface area contributed by atoms with Crippen LogP contribution in [0.15, 0.2) is 51.6 Å². The van der Waals surface area contributed by atoms with Gasteiger partial charge in [0.2, 0.25) is 0 Å². The first-order valence-electron chi connectivity index (χ1n) is 10.3. The molecule has 10 nitrogen and oxygen atoms in total.